The van der Waals surface area contributed by atoms with Crippen LogP contribution in [0.2, 0.25) is 0 Å². The van der Waals surface area contributed by atoms with Gasteiger partial charge in [-0.25, -0.2) is 0 Å². The van der Waals surface area contributed by atoms with Crippen molar-refractivity contribution in [2.24, 2.45) is 0 Å². The predicted octanol–water partition coefficient (Wildman–Crippen LogP) is 14.7. The van der Waals surface area contributed by atoms with Gasteiger partial charge in [-0.15, -0.1) is 0 Å². The standard InChI is InChI=1S/C60H55BN2/c1-5-14-40-24-30-45(31-25-40)62-56-34-27-42(16-7-3)37-53(56)61-54-38-43(17-8-4)28-35-57(54)63(59-23-13-22-58(62)60(59)61)55-33-26-41(15-6-2)36-51(55)44-29-32-50-48-20-10-9-18-46(48)47-19-11-12-21-49(47)52(50)39-44/h9-13,18-39H,5-8,14-17H2,1-4H3. The van der Waals surface area contributed by atoms with Crippen molar-refractivity contribution < 1.29 is 0 Å². The zero-order chi connectivity index (χ0) is 42.6. The molecule has 0 radical (unpaired) electrons. The van der Waals surface area contributed by atoms with Gasteiger partial charge in [0.2, 0.25) is 0 Å². The number of hydrogen-bond acceptors (Lipinski definition) is 2. The third-order valence-electron chi connectivity index (χ3n) is 13.8. The molecule has 0 saturated heterocycles. The number of fused-ring (bicyclic) bond motifs is 10. The van der Waals surface area contributed by atoms with E-state index in [4.69, 9.17) is 0 Å². The Morgan fingerprint density at radius 3 is 1.38 bits per heavy atom. The molecule has 0 aromatic heterocycles. The summed E-state index contributed by atoms with van der Waals surface area (Å²) in [5.74, 6) is 0. The van der Waals surface area contributed by atoms with Crippen molar-refractivity contribution in [2.45, 2.75) is 79.1 Å². The van der Waals surface area contributed by atoms with Crippen molar-refractivity contribution in [3.63, 3.8) is 0 Å². The molecule has 2 aliphatic heterocycles. The monoisotopic (exact) mass is 814 g/mol. The molecule has 0 atom stereocenters. The molecule has 308 valence electrons. The van der Waals surface area contributed by atoms with Gasteiger partial charge in [0.25, 0.3) is 6.71 Å². The van der Waals surface area contributed by atoms with E-state index in [2.05, 4.69) is 201 Å². The van der Waals surface area contributed by atoms with Gasteiger partial charge < -0.3 is 9.80 Å². The summed E-state index contributed by atoms with van der Waals surface area (Å²) in [6.45, 7) is 9.26. The molecular weight excluding hydrogens is 759 g/mol. The van der Waals surface area contributed by atoms with Crippen LogP contribution in [0.15, 0.2) is 164 Å². The minimum absolute atomic E-state index is 0.102. The van der Waals surface area contributed by atoms with Crippen molar-refractivity contribution in [2.75, 3.05) is 9.80 Å². The van der Waals surface area contributed by atoms with E-state index in [1.165, 1.54) is 116 Å². The highest BCUT2D eigenvalue weighted by Crippen LogP contribution is 2.48. The van der Waals surface area contributed by atoms with Gasteiger partial charge in [0.05, 0.1) is 5.69 Å². The highest BCUT2D eigenvalue weighted by atomic mass is 15.2. The second kappa shape index (κ2) is 16.3. The lowest BCUT2D eigenvalue weighted by Crippen LogP contribution is -2.61. The number of anilines is 6. The van der Waals surface area contributed by atoms with Gasteiger partial charge in [-0.2, -0.15) is 0 Å². The first-order valence-electron chi connectivity index (χ1n) is 23.6. The molecule has 2 heterocycles. The molecule has 11 rings (SSSR count). The molecule has 0 unspecified atom stereocenters. The molecule has 63 heavy (non-hydrogen) atoms. The van der Waals surface area contributed by atoms with E-state index in [1.807, 2.05) is 0 Å². The maximum Gasteiger partial charge on any atom is 0.252 e. The van der Waals surface area contributed by atoms with Crippen LogP contribution in [0.3, 0.4) is 0 Å². The van der Waals surface area contributed by atoms with Crippen molar-refractivity contribution in [3.8, 4) is 11.1 Å². The predicted molar refractivity (Wildman–Crippen MR) is 274 cm³/mol. The zero-order valence-electron chi connectivity index (χ0n) is 37.2. The van der Waals surface area contributed by atoms with Crippen molar-refractivity contribution in [1.29, 1.82) is 0 Å². The summed E-state index contributed by atoms with van der Waals surface area (Å²) in [7, 11) is 0. The lowest BCUT2D eigenvalue weighted by atomic mass is 9.33. The molecule has 2 nitrogen and oxygen atoms in total. The van der Waals surface area contributed by atoms with E-state index in [0.717, 1.165) is 51.4 Å². The first-order chi connectivity index (χ1) is 31.1. The molecule has 3 heteroatoms. The Morgan fingerprint density at radius 1 is 0.349 bits per heavy atom. The van der Waals surface area contributed by atoms with E-state index >= 15 is 0 Å². The van der Waals surface area contributed by atoms with Crippen LogP contribution in [0, 0.1) is 0 Å². The molecule has 0 bridgehead atoms. The third-order valence-corrected chi connectivity index (χ3v) is 13.8. The average molecular weight is 815 g/mol. The Kier molecular flexibility index (Phi) is 10.2. The number of rotatable bonds is 11. The van der Waals surface area contributed by atoms with E-state index in [9.17, 15) is 0 Å². The molecule has 2 aliphatic rings. The topological polar surface area (TPSA) is 6.48 Å². The summed E-state index contributed by atoms with van der Waals surface area (Å²) in [5, 5.41) is 7.82. The van der Waals surface area contributed by atoms with E-state index < -0.39 is 0 Å². The highest BCUT2D eigenvalue weighted by molar-refractivity contribution is 7.00. The van der Waals surface area contributed by atoms with Crippen LogP contribution in [0.5, 0.6) is 0 Å². The lowest BCUT2D eigenvalue weighted by Gasteiger charge is -2.44. The Bertz CT molecular complexity index is 3160. The Balaban J connectivity index is 1.18. The van der Waals surface area contributed by atoms with Crippen LogP contribution >= 0.6 is 0 Å². The Morgan fingerprint density at radius 2 is 0.810 bits per heavy atom. The van der Waals surface area contributed by atoms with Crippen molar-refractivity contribution in [3.05, 3.63) is 186 Å². The second-order valence-corrected chi connectivity index (χ2v) is 18.0. The quantitative estimate of drug-likeness (QED) is 0.0948. The van der Waals surface area contributed by atoms with Gasteiger partial charge in [0.1, 0.15) is 0 Å². The smallest absolute Gasteiger partial charge is 0.252 e. The minimum Gasteiger partial charge on any atom is -0.311 e. The van der Waals surface area contributed by atoms with Gasteiger partial charge in [-0.3, -0.25) is 0 Å². The fourth-order valence-electron chi connectivity index (χ4n) is 11.1. The number of benzene rings is 9. The fraction of sp³-hybridized carbons (Fsp3) is 0.200. The maximum absolute atomic E-state index is 2.62. The molecule has 9 aromatic rings. The van der Waals surface area contributed by atoms with Crippen LogP contribution in [-0.2, 0) is 25.7 Å². The first-order valence-corrected chi connectivity index (χ1v) is 23.6. The van der Waals surface area contributed by atoms with Crippen LogP contribution in [0.1, 0.15) is 75.6 Å². The van der Waals surface area contributed by atoms with Gasteiger partial charge >= 0.3 is 0 Å². The van der Waals surface area contributed by atoms with E-state index in [-0.39, 0.29) is 6.71 Å². The summed E-state index contributed by atoms with van der Waals surface area (Å²) in [6, 6.07) is 63.5. The van der Waals surface area contributed by atoms with Crippen molar-refractivity contribution in [1.82, 2.24) is 0 Å². The van der Waals surface area contributed by atoms with Crippen LogP contribution in [0.25, 0.3) is 43.4 Å². The summed E-state index contributed by atoms with van der Waals surface area (Å²) >= 11 is 0. The largest absolute Gasteiger partial charge is 0.311 e. The van der Waals surface area contributed by atoms with Crippen molar-refractivity contribution >= 4 is 89.5 Å². The minimum atomic E-state index is 0.102. The molecule has 0 saturated carbocycles. The molecule has 0 amide bonds. The van der Waals surface area contributed by atoms with Crippen LogP contribution < -0.4 is 26.2 Å². The summed E-state index contributed by atoms with van der Waals surface area (Å²) < 4.78 is 0. The number of aryl methyl sites for hydroxylation is 4. The molecule has 9 aromatic carbocycles. The van der Waals surface area contributed by atoms with Crippen LogP contribution in [0.4, 0.5) is 34.1 Å². The Labute approximate surface area is 373 Å². The zero-order valence-corrected chi connectivity index (χ0v) is 37.2. The summed E-state index contributed by atoms with van der Waals surface area (Å²) in [6.07, 6.45) is 8.74. The number of nitrogens with zero attached hydrogens (tertiary/aromatic N) is 2. The molecule has 0 aliphatic carbocycles. The average Bonchev–Trinajstić information content (AvgIpc) is 3.32. The van der Waals surface area contributed by atoms with Crippen LogP contribution in [-0.4, -0.2) is 6.71 Å². The second-order valence-electron chi connectivity index (χ2n) is 18.0. The Hall–Kier alpha value is -6.58. The molecule has 0 fully saturated rings. The molecule has 0 N–H and O–H groups in total. The SMILES string of the molecule is CCCc1ccc(N2c3ccc(CCC)cc3B3c4cc(CCC)ccc4N(c4ccc(CCC)cc4-c4ccc5c6ccccc6c6ccccc6c5c4)c4cccc2c43)cc1. The first kappa shape index (κ1) is 39.3. The summed E-state index contributed by atoms with van der Waals surface area (Å²) in [4.78, 5) is 5.18. The van der Waals surface area contributed by atoms with Gasteiger partial charge in [0, 0.05) is 34.0 Å². The van der Waals surface area contributed by atoms with E-state index in [0.29, 0.717) is 0 Å². The van der Waals surface area contributed by atoms with Gasteiger partial charge in [0.15, 0.2) is 0 Å². The van der Waals surface area contributed by atoms with E-state index in [1.54, 1.807) is 0 Å². The fourth-order valence-corrected chi connectivity index (χ4v) is 11.1. The number of hydrogen-bond donors (Lipinski definition) is 0. The van der Waals surface area contributed by atoms with Gasteiger partial charge in [-0.1, -0.05) is 163 Å². The third kappa shape index (κ3) is 6.55. The molecular formula is C60H55BN2. The highest BCUT2D eigenvalue weighted by Gasteiger charge is 2.43. The summed E-state index contributed by atoms with van der Waals surface area (Å²) in [5.41, 5.74) is 19.8. The normalized spacial score (nSPS) is 12.9. The lowest BCUT2D eigenvalue weighted by molar-refractivity contribution is 0.921. The molecule has 0 spiro atoms. The maximum atomic E-state index is 2.62. The van der Waals surface area contributed by atoms with Gasteiger partial charge in [-0.05, 0) is 157 Å².